The number of halogens is 1. The maximum absolute atomic E-state index is 13.0. The van der Waals surface area contributed by atoms with Crippen molar-refractivity contribution in [2.45, 2.75) is 39.5 Å². The van der Waals surface area contributed by atoms with Crippen molar-refractivity contribution in [1.82, 2.24) is 9.78 Å². The lowest BCUT2D eigenvalue weighted by molar-refractivity contribution is -0.115. The summed E-state index contributed by atoms with van der Waals surface area (Å²) in [6.45, 7) is 8.27. The molecule has 0 spiro atoms. The summed E-state index contributed by atoms with van der Waals surface area (Å²) < 4.78 is 14.8. The Morgan fingerprint density at radius 2 is 1.70 bits per heavy atom. The molecule has 0 atom stereocenters. The first-order chi connectivity index (χ1) is 12.7. The third-order valence-corrected chi connectivity index (χ3v) is 4.30. The molecule has 5 heteroatoms. The van der Waals surface area contributed by atoms with Crippen LogP contribution in [0.1, 0.15) is 37.6 Å². The molecule has 3 rings (SSSR count). The van der Waals surface area contributed by atoms with Crippen LogP contribution in [0.2, 0.25) is 0 Å². The number of aryl methyl sites for hydroxylation is 1. The Bertz CT molecular complexity index is 935. The van der Waals surface area contributed by atoms with Gasteiger partial charge < -0.3 is 5.32 Å². The summed E-state index contributed by atoms with van der Waals surface area (Å²) in [5.74, 6) is 0.137. The largest absolute Gasteiger partial charge is 0.310 e. The highest BCUT2D eigenvalue weighted by atomic mass is 19.1. The predicted molar refractivity (Wildman–Crippen MR) is 106 cm³/mol. The van der Waals surface area contributed by atoms with Crippen molar-refractivity contribution in [3.63, 3.8) is 0 Å². The number of anilines is 1. The van der Waals surface area contributed by atoms with E-state index < -0.39 is 0 Å². The minimum Gasteiger partial charge on any atom is -0.310 e. The van der Waals surface area contributed by atoms with Gasteiger partial charge in [-0.3, -0.25) is 4.79 Å². The van der Waals surface area contributed by atoms with E-state index in [4.69, 9.17) is 5.10 Å². The molecule has 0 aliphatic heterocycles. The minimum absolute atomic E-state index is 0.146. The number of nitrogens with one attached hydrogen (secondary N) is 1. The molecule has 2 aromatic carbocycles. The summed E-state index contributed by atoms with van der Waals surface area (Å²) in [5, 5.41) is 7.65. The van der Waals surface area contributed by atoms with Crippen molar-refractivity contribution >= 4 is 11.7 Å². The molecule has 140 valence electrons. The third kappa shape index (κ3) is 4.61. The SMILES string of the molecule is Cc1ccc(-n2nc(C(C)(C)C)cc2NC(=O)Cc2ccc(F)cc2)cc1. The van der Waals surface area contributed by atoms with Crippen LogP contribution in [0.5, 0.6) is 0 Å². The molecule has 0 radical (unpaired) electrons. The quantitative estimate of drug-likeness (QED) is 0.722. The Morgan fingerprint density at radius 1 is 1.07 bits per heavy atom. The van der Waals surface area contributed by atoms with E-state index in [1.807, 2.05) is 37.3 Å². The number of carbonyl (C=O) groups is 1. The van der Waals surface area contributed by atoms with E-state index >= 15 is 0 Å². The van der Waals surface area contributed by atoms with Gasteiger partial charge in [0.2, 0.25) is 5.91 Å². The first-order valence-electron chi connectivity index (χ1n) is 8.94. The van der Waals surface area contributed by atoms with Crippen molar-refractivity contribution in [3.8, 4) is 5.69 Å². The Hall–Kier alpha value is -2.95. The second-order valence-corrected chi connectivity index (χ2v) is 7.76. The van der Waals surface area contributed by atoms with Gasteiger partial charge in [0, 0.05) is 11.5 Å². The van der Waals surface area contributed by atoms with Crippen LogP contribution >= 0.6 is 0 Å². The summed E-state index contributed by atoms with van der Waals surface area (Å²) in [6.07, 6.45) is 0.171. The zero-order valence-electron chi connectivity index (χ0n) is 16.1. The van der Waals surface area contributed by atoms with Crippen LogP contribution in [0.15, 0.2) is 54.6 Å². The summed E-state index contributed by atoms with van der Waals surface area (Å²) in [7, 11) is 0. The molecule has 1 N–H and O–H groups in total. The van der Waals surface area contributed by atoms with E-state index in [0.29, 0.717) is 5.82 Å². The number of nitrogens with zero attached hydrogens (tertiary/aromatic N) is 2. The van der Waals surface area contributed by atoms with Crippen LogP contribution in [0.4, 0.5) is 10.2 Å². The molecule has 4 nitrogen and oxygen atoms in total. The number of hydrogen-bond acceptors (Lipinski definition) is 2. The van der Waals surface area contributed by atoms with Crippen LogP contribution < -0.4 is 5.32 Å². The maximum atomic E-state index is 13.0. The van der Waals surface area contributed by atoms with Crippen molar-refractivity contribution in [3.05, 3.63) is 77.2 Å². The van der Waals surface area contributed by atoms with Gasteiger partial charge in [-0.15, -0.1) is 0 Å². The van der Waals surface area contributed by atoms with E-state index in [2.05, 4.69) is 26.1 Å². The summed E-state index contributed by atoms with van der Waals surface area (Å²) in [5.41, 5.74) is 3.54. The Morgan fingerprint density at radius 3 is 2.30 bits per heavy atom. The van der Waals surface area contributed by atoms with E-state index in [0.717, 1.165) is 22.5 Å². The molecule has 27 heavy (non-hydrogen) atoms. The Balaban J connectivity index is 1.88. The lowest BCUT2D eigenvalue weighted by Gasteiger charge is -2.14. The van der Waals surface area contributed by atoms with Crippen LogP contribution in [0.3, 0.4) is 0 Å². The topological polar surface area (TPSA) is 46.9 Å². The van der Waals surface area contributed by atoms with E-state index in [1.54, 1.807) is 16.8 Å². The highest BCUT2D eigenvalue weighted by Crippen LogP contribution is 2.26. The summed E-state index contributed by atoms with van der Waals surface area (Å²) >= 11 is 0. The van der Waals surface area contributed by atoms with Gasteiger partial charge in [-0.2, -0.15) is 5.10 Å². The first-order valence-corrected chi connectivity index (χ1v) is 8.94. The van der Waals surface area contributed by atoms with Crippen LogP contribution in [0, 0.1) is 12.7 Å². The molecule has 0 aliphatic rings. The number of benzene rings is 2. The monoisotopic (exact) mass is 365 g/mol. The number of carbonyl (C=O) groups excluding carboxylic acids is 1. The Kier molecular flexibility index (Phi) is 5.13. The van der Waals surface area contributed by atoms with Gasteiger partial charge in [-0.25, -0.2) is 9.07 Å². The molecule has 0 bridgehead atoms. The second kappa shape index (κ2) is 7.35. The fourth-order valence-corrected chi connectivity index (χ4v) is 2.69. The van der Waals surface area contributed by atoms with Gasteiger partial charge in [0.15, 0.2) is 0 Å². The number of rotatable bonds is 4. The molecule has 1 heterocycles. The van der Waals surface area contributed by atoms with Gasteiger partial charge in [-0.1, -0.05) is 50.6 Å². The number of amides is 1. The standard InChI is InChI=1S/C22H24FN3O/c1-15-5-11-18(12-6-15)26-20(14-19(25-26)22(2,3)4)24-21(27)13-16-7-9-17(23)10-8-16/h5-12,14H,13H2,1-4H3,(H,24,27). The van der Waals surface area contributed by atoms with Crippen molar-refractivity contribution in [1.29, 1.82) is 0 Å². The average molecular weight is 365 g/mol. The molecule has 1 aromatic heterocycles. The predicted octanol–water partition coefficient (Wildman–Crippen LogP) is 4.80. The molecular formula is C22H24FN3O. The summed E-state index contributed by atoms with van der Waals surface area (Å²) in [6, 6.07) is 15.8. The molecular weight excluding hydrogens is 341 g/mol. The van der Waals surface area contributed by atoms with E-state index in [1.165, 1.54) is 12.1 Å². The van der Waals surface area contributed by atoms with Gasteiger partial charge >= 0.3 is 0 Å². The Labute approximate surface area is 159 Å². The fourth-order valence-electron chi connectivity index (χ4n) is 2.69. The van der Waals surface area contributed by atoms with Crippen LogP contribution in [0.25, 0.3) is 5.69 Å². The molecule has 0 unspecified atom stereocenters. The first kappa shape index (κ1) is 18.8. The van der Waals surface area contributed by atoms with E-state index in [-0.39, 0.29) is 23.6 Å². The molecule has 0 saturated carbocycles. The van der Waals surface area contributed by atoms with Crippen molar-refractivity contribution in [2.24, 2.45) is 0 Å². The third-order valence-electron chi connectivity index (χ3n) is 4.30. The lowest BCUT2D eigenvalue weighted by atomic mass is 9.92. The van der Waals surface area contributed by atoms with Crippen molar-refractivity contribution < 1.29 is 9.18 Å². The molecule has 3 aromatic rings. The fraction of sp³-hybridized carbons (Fsp3) is 0.273. The molecule has 0 fully saturated rings. The minimum atomic E-state index is -0.313. The maximum Gasteiger partial charge on any atom is 0.229 e. The van der Waals surface area contributed by atoms with Crippen molar-refractivity contribution in [2.75, 3.05) is 5.32 Å². The average Bonchev–Trinajstić information content (AvgIpc) is 3.02. The number of hydrogen-bond donors (Lipinski definition) is 1. The molecule has 0 aliphatic carbocycles. The lowest BCUT2D eigenvalue weighted by Crippen LogP contribution is -2.17. The summed E-state index contributed by atoms with van der Waals surface area (Å²) in [4.78, 5) is 12.5. The highest BCUT2D eigenvalue weighted by Gasteiger charge is 2.21. The number of aromatic nitrogens is 2. The molecule has 1 amide bonds. The molecule has 0 saturated heterocycles. The smallest absolute Gasteiger partial charge is 0.229 e. The highest BCUT2D eigenvalue weighted by molar-refractivity contribution is 5.91. The van der Waals surface area contributed by atoms with Gasteiger partial charge in [0.1, 0.15) is 11.6 Å². The second-order valence-electron chi connectivity index (χ2n) is 7.76. The van der Waals surface area contributed by atoms with Gasteiger partial charge in [-0.05, 0) is 36.8 Å². The van der Waals surface area contributed by atoms with Gasteiger partial charge in [0.25, 0.3) is 0 Å². The van der Waals surface area contributed by atoms with Gasteiger partial charge in [0.05, 0.1) is 17.8 Å². The normalized spacial score (nSPS) is 11.4. The van der Waals surface area contributed by atoms with E-state index in [9.17, 15) is 9.18 Å². The van der Waals surface area contributed by atoms with Crippen LogP contribution in [-0.2, 0) is 16.6 Å². The van der Waals surface area contributed by atoms with Crippen LogP contribution in [-0.4, -0.2) is 15.7 Å². The zero-order valence-corrected chi connectivity index (χ0v) is 16.1. The zero-order chi connectivity index (χ0) is 19.6.